The molecule has 2 unspecified atom stereocenters. The van der Waals surface area contributed by atoms with Gasteiger partial charge in [0.1, 0.15) is 6.04 Å². The second-order valence-corrected chi connectivity index (χ2v) is 6.82. The Morgan fingerprint density at radius 3 is 2.50 bits per heavy atom. The third-order valence-corrected chi connectivity index (χ3v) is 4.78. The highest BCUT2D eigenvalue weighted by Crippen LogP contribution is 2.30. The summed E-state index contributed by atoms with van der Waals surface area (Å²) in [5, 5.41) is 0. The number of nitrogens with one attached hydrogen (secondary N) is 2. The van der Waals surface area contributed by atoms with Crippen molar-refractivity contribution in [3.63, 3.8) is 0 Å². The lowest BCUT2D eigenvalue weighted by atomic mass is 10.0. The van der Waals surface area contributed by atoms with Gasteiger partial charge in [-0.1, -0.05) is 25.5 Å². The molecular weight excluding hydrogens is 304 g/mol. The zero-order valence-corrected chi connectivity index (χ0v) is 14.1. The third-order valence-electron chi connectivity index (χ3n) is 4.78. The van der Waals surface area contributed by atoms with Crippen LogP contribution in [0.3, 0.4) is 0 Å². The van der Waals surface area contributed by atoms with Gasteiger partial charge in [-0.25, -0.2) is 5.43 Å². The summed E-state index contributed by atoms with van der Waals surface area (Å²) in [6.45, 7) is 2.74. The molecule has 1 aromatic carbocycles. The molecule has 1 heterocycles. The van der Waals surface area contributed by atoms with E-state index in [0.29, 0.717) is 24.2 Å². The molecule has 0 spiro atoms. The lowest BCUT2D eigenvalue weighted by Crippen LogP contribution is -2.46. The normalized spacial score (nSPS) is 23.2. The van der Waals surface area contributed by atoms with Crippen molar-refractivity contribution >= 4 is 11.8 Å². The molecule has 2 fully saturated rings. The van der Waals surface area contributed by atoms with Gasteiger partial charge in [-0.3, -0.25) is 15.0 Å². The summed E-state index contributed by atoms with van der Waals surface area (Å²) < 4.78 is 0. The summed E-state index contributed by atoms with van der Waals surface area (Å²) in [6, 6.07) is 7.78. The molecule has 0 bridgehead atoms. The number of hydrogen-bond donors (Lipinski definition) is 3. The molecule has 1 saturated carbocycles. The summed E-state index contributed by atoms with van der Waals surface area (Å²) in [5.41, 5.74) is 13.2. The van der Waals surface area contributed by atoms with Crippen LogP contribution in [0.1, 0.15) is 54.9 Å². The van der Waals surface area contributed by atoms with Gasteiger partial charge in [0.05, 0.1) is 0 Å². The van der Waals surface area contributed by atoms with Gasteiger partial charge in [0.25, 0.3) is 0 Å². The fourth-order valence-corrected chi connectivity index (χ4v) is 3.27. The number of rotatable bonds is 7. The van der Waals surface area contributed by atoms with Crippen molar-refractivity contribution in [3.05, 3.63) is 35.4 Å². The van der Waals surface area contributed by atoms with Crippen LogP contribution < -0.4 is 16.6 Å². The van der Waals surface area contributed by atoms with E-state index in [2.05, 4.69) is 17.8 Å². The molecule has 2 atom stereocenters. The molecule has 130 valence electrons. The number of benzene rings is 1. The first-order chi connectivity index (χ1) is 11.6. The van der Waals surface area contributed by atoms with Crippen molar-refractivity contribution in [1.29, 1.82) is 0 Å². The van der Waals surface area contributed by atoms with Crippen LogP contribution in [0.5, 0.6) is 0 Å². The second kappa shape index (κ2) is 7.32. The Hall–Kier alpha value is -1.92. The Bertz CT molecular complexity index is 598. The van der Waals surface area contributed by atoms with Crippen LogP contribution in [0.15, 0.2) is 24.3 Å². The number of carbonyl (C=O) groups excluding carboxylic acids is 2. The van der Waals surface area contributed by atoms with E-state index in [0.717, 1.165) is 37.7 Å². The molecule has 6 heteroatoms. The van der Waals surface area contributed by atoms with E-state index in [1.165, 1.54) is 0 Å². The van der Waals surface area contributed by atoms with Crippen molar-refractivity contribution < 1.29 is 9.59 Å². The minimum Gasteiger partial charge on any atom is -0.366 e. The van der Waals surface area contributed by atoms with Gasteiger partial charge in [-0.05, 0) is 43.4 Å². The van der Waals surface area contributed by atoms with E-state index in [9.17, 15) is 9.59 Å². The summed E-state index contributed by atoms with van der Waals surface area (Å²) in [7, 11) is 0. The minimum atomic E-state index is -0.431. The zero-order chi connectivity index (χ0) is 17.1. The number of hydrogen-bond acceptors (Lipinski definition) is 4. The summed E-state index contributed by atoms with van der Waals surface area (Å²) in [6.07, 6.45) is 5.18. The highest BCUT2D eigenvalue weighted by molar-refractivity contribution is 5.92. The Morgan fingerprint density at radius 1 is 1.21 bits per heavy atom. The van der Waals surface area contributed by atoms with Crippen LogP contribution in [0.25, 0.3) is 0 Å². The number of amides is 2. The molecule has 1 saturated heterocycles. The van der Waals surface area contributed by atoms with E-state index in [1.54, 1.807) is 12.1 Å². The number of hydrazine groups is 1. The van der Waals surface area contributed by atoms with Gasteiger partial charge in [0, 0.05) is 24.2 Å². The highest BCUT2D eigenvalue weighted by Gasteiger charge is 2.38. The maximum absolute atomic E-state index is 12.9. The molecule has 2 amide bonds. The van der Waals surface area contributed by atoms with Crippen LogP contribution in [-0.4, -0.2) is 34.8 Å². The Morgan fingerprint density at radius 2 is 1.92 bits per heavy atom. The molecule has 1 aliphatic carbocycles. The molecular formula is C18H26N4O2. The smallest absolute Gasteiger partial charge is 0.248 e. The van der Waals surface area contributed by atoms with Gasteiger partial charge in [0.2, 0.25) is 11.8 Å². The maximum atomic E-state index is 12.9. The largest absolute Gasteiger partial charge is 0.366 e. The monoisotopic (exact) mass is 330 g/mol. The molecule has 1 aliphatic heterocycles. The van der Waals surface area contributed by atoms with Crippen LogP contribution in [0.2, 0.25) is 0 Å². The zero-order valence-electron chi connectivity index (χ0n) is 14.1. The highest BCUT2D eigenvalue weighted by atomic mass is 16.2. The van der Waals surface area contributed by atoms with Gasteiger partial charge >= 0.3 is 0 Å². The maximum Gasteiger partial charge on any atom is 0.248 e. The number of nitrogens with zero attached hydrogens (tertiary/aromatic N) is 1. The van der Waals surface area contributed by atoms with E-state index in [-0.39, 0.29) is 11.9 Å². The van der Waals surface area contributed by atoms with E-state index < -0.39 is 5.91 Å². The van der Waals surface area contributed by atoms with E-state index >= 15 is 0 Å². The van der Waals surface area contributed by atoms with Crippen LogP contribution in [-0.2, 0) is 11.3 Å². The average molecular weight is 330 g/mol. The van der Waals surface area contributed by atoms with E-state index in [1.807, 2.05) is 17.0 Å². The fraction of sp³-hybridized carbons (Fsp3) is 0.556. The molecule has 3 rings (SSSR count). The first kappa shape index (κ1) is 16.9. The fourth-order valence-electron chi connectivity index (χ4n) is 3.27. The summed E-state index contributed by atoms with van der Waals surface area (Å²) >= 11 is 0. The van der Waals surface area contributed by atoms with Gasteiger partial charge in [0.15, 0.2) is 0 Å². The van der Waals surface area contributed by atoms with Crippen LogP contribution >= 0.6 is 0 Å². The summed E-state index contributed by atoms with van der Waals surface area (Å²) in [4.78, 5) is 26.0. The topological polar surface area (TPSA) is 87.5 Å². The van der Waals surface area contributed by atoms with Gasteiger partial charge in [-0.15, -0.1) is 0 Å². The minimum absolute atomic E-state index is 0.146. The summed E-state index contributed by atoms with van der Waals surface area (Å²) in [5.74, 6) is -0.262. The van der Waals surface area contributed by atoms with Crippen molar-refractivity contribution in [2.75, 3.05) is 0 Å². The molecule has 0 radical (unpaired) electrons. The first-order valence-electron chi connectivity index (χ1n) is 8.78. The Labute approximate surface area is 142 Å². The molecule has 0 aromatic heterocycles. The van der Waals surface area contributed by atoms with Crippen molar-refractivity contribution in [2.24, 2.45) is 5.73 Å². The number of carbonyl (C=O) groups is 2. The second-order valence-electron chi connectivity index (χ2n) is 6.82. The van der Waals surface area contributed by atoms with Gasteiger partial charge in [-0.2, -0.15) is 0 Å². The standard InChI is InChI=1S/C18H26N4O2/c1-2-3-14-10-16(21-20-14)18(24)22(15-8-9-15)11-12-4-6-13(7-5-12)17(19)23/h4-7,14-16,20-21H,2-3,8-11H2,1H3,(H2,19,23). The Balaban J connectivity index is 1.64. The van der Waals surface area contributed by atoms with Crippen LogP contribution in [0, 0.1) is 0 Å². The third kappa shape index (κ3) is 3.94. The van der Waals surface area contributed by atoms with E-state index in [4.69, 9.17) is 5.73 Å². The lowest BCUT2D eigenvalue weighted by Gasteiger charge is -2.25. The molecule has 2 aliphatic rings. The molecule has 24 heavy (non-hydrogen) atoms. The van der Waals surface area contributed by atoms with Crippen molar-refractivity contribution in [2.45, 2.75) is 63.7 Å². The molecule has 6 nitrogen and oxygen atoms in total. The SMILES string of the molecule is CCCC1CC(C(=O)N(Cc2ccc(C(N)=O)cc2)C2CC2)NN1. The Kier molecular flexibility index (Phi) is 5.16. The molecule has 4 N–H and O–H groups in total. The predicted octanol–water partition coefficient (Wildman–Crippen LogP) is 1.31. The van der Waals surface area contributed by atoms with Crippen molar-refractivity contribution in [1.82, 2.24) is 15.8 Å². The number of nitrogens with two attached hydrogens (primary N) is 1. The number of primary amides is 1. The van der Waals surface area contributed by atoms with Gasteiger partial charge < -0.3 is 10.6 Å². The predicted molar refractivity (Wildman–Crippen MR) is 91.9 cm³/mol. The van der Waals surface area contributed by atoms with Crippen LogP contribution in [0.4, 0.5) is 0 Å². The quantitative estimate of drug-likeness (QED) is 0.703. The average Bonchev–Trinajstić information content (AvgIpc) is 3.31. The lowest BCUT2D eigenvalue weighted by molar-refractivity contribution is -0.134. The first-order valence-corrected chi connectivity index (χ1v) is 8.78. The molecule has 1 aromatic rings. The van der Waals surface area contributed by atoms with Crippen molar-refractivity contribution in [3.8, 4) is 0 Å².